The van der Waals surface area contributed by atoms with Gasteiger partial charge in [0.15, 0.2) is 0 Å². The number of benzene rings is 1. The number of rotatable bonds is 3. The third-order valence-electron chi connectivity index (χ3n) is 3.82. The smallest absolute Gasteiger partial charge is 0.410 e. The van der Waals surface area contributed by atoms with Crippen LogP contribution in [-0.4, -0.2) is 41.8 Å². The van der Waals surface area contributed by atoms with E-state index in [1.54, 1.807) is 11.1 Å². The normalized spacial score (nSPS) is 15.8. The van der Waals surface area contributed by atoms with Crippen molar-refractivity contribution in [3.8, 4) is 0 Å². The predicted octanol–water partition coefficient (Wildman–Crippen LogP) is 4.12. The number of nitrogens with zero attached hydrogens (tertiary/aromatic N) is 1. The zero-order valence-corrected chi connectivity index (χ0v) is 17.0. The van der Waals surface area contributed by atoms with E-state index in [9.17, 15) is 9.59 Å². The standard InChI is InChI=1S/C19H26BrN3O3/c1-19(2,3)26-18(25)23-11-8-16(9-12-23)22-17(24)21-10-7-14-5-4-6-15(20)13-14/h4-7,10,13,16H,8-9,11-12H2,1-3H3,(H2,21,22,24)/b10-7+. The summed E-state index contributed by atoms with van der Waals surface area (Å²) >= 11 is 3.41. The maximum absolute atomic E-state index is 12.0. The van der Waals surface area contributed by atoms with Crippen molar-refractivity contribution in [3.63, 3.8) is 0 Å². The summed E-state index contributed by atoms with van der Waals surface area (Å²) in [6, 6.07) is 7.60. The average molecular weight is 424 g/mol. The third-order valence-corrected chi connectivity index (χ3v) is 4.31. The van der Waals surface area contributed by atoms with Gasteiger partial charge in [0.05, 0.1) is 0 Å². The Hall–Kier alpha value is -2.02. The maximum atomic E-state index is 12.0. The van der Waals surface area contributed by atoms with E-state index >= 15 is 0 Å². The quantitative estimate of drug-likeness (QED) is 0.767. The topological polar surface area (TPSA) is 70.7 Å². The highest BCUT2D eigenvalue weighted by Gasteiger charge is 2.27. The minimum atomic E-state index is -0.493. The van der Waals surface area contributed by atoms with Gasteiger partial charge in [-0.2, -0.15) is 0 Å². The van der Waals surface area contributed by atoms with Gasteiger partial charge < -0.3 is 20.3 Å². The number of urea groups is 1. The minimum absolute atomic E-state index is 0.0490. The van der Waals surface area contributed by atoms with Crippen molar-refractivity contribution >= 4 is 34.1 Å². The highest BCUT2D eigenvalue weighted by Crippen LogP contribution is 2.15. The Morgan fingerprint density at radius 1 is 1.27 bits per heavy atom. The Morgan fingerprint density at radius 3 is 2.58 bits per heavy atom. The number of piperidine rings is 1. The van der Waals surface area contributed by atoms with E-state index in [-0.39, 0.29) is 18.2 Å². The van der Waals surface area contributed by atoms with Crippen LogP contribution in [0.25, 0.3) is 6.08 Å². The lowest BCUT2D eigenvalue weighted by atomic mass is 10.1. The second kappa shape index (κ2) is 9.07. The van der Waals surface area contributed by atoms with Crippen LogP contribution in [0.1, 0.15) is 39.2 Å². The second-order valence-electron chi connectivity index (χ2n) is 7.25. The fourth-order valence-corrected chi connectivity index (χ4v) is 3.00. The Kier molecular flexibility index (Phi) is 7.08. The van der Waals surface area contributed by atoms with Crippen molar-refractivity contribution in [2.45, 2.75) is 45.3 Å². The summed E-state index contributed by atoms with van der Waals surface area (Å²) < 4.78 is 6.36. The van der Waals surface area contributed by atoms with Crippen molar-refractivity contribution < 1.29 is 14.3 Å². The number of nitrogens with one attached hydrogen (secondary N) is 2. The number of carbonyl (C=O) groups is 2. The van der Waals surface area contributed by atoms with Gasteiger partial charge in [0, 0.05) is 29.8 Å². The van der Waals surface area contributed by atoms with Crippen LogP contribution in [0.15, 0.2) is 34.9 Å². The Morgan fingerprint density at radius 2 is 1.96 bits per heavy atom. The van der Waals surface area contributed by atoms with Crippen molar-refractivity contribution in [1.29, 1.82) is 0 Å². The van der Waals surface area contributed by atoms with Crippen LogP contribution in [-0.2, 0) is 4.74 Å². The lowest BCUT2D eigenvalue weighted by Crippen LogP contribution is -2.49. The van der Waals surface area contributed by atoms with Gasteiger partial charge in [-0.05, 0) is 57.4 Å². The fourth-order valence-electron chi connectivity index (χ4n) is 2.58. The number of likely N-dealkylation sites (tertiary alicyclic amines) is 1. The van der Waals surface area contributed by atoms with Gasteiger partial charge >= 0.3 is 12.1 Å². The Bertz CT molecular complexity index is 662. The van der Waals surface area contributed by atoms with E-state index in [2.05, 4.69) is 26.6 Å². The molecule has 0 spiro atoms. The van der Waals surface area contributed by atoms with Gasteiger partial charge in [0.25, 0.3) is 0 Å². The first kappa shape index (κ1) is 20.3. The van der Waals surface area contributed by atoms with Gasteiger partial charge in [-0.25, -0.2) is 9.59 Å². The van der Waals surface area contributed by atoms with E-state index in [0.29, 0.717) is 25.9 Å². The number of hydrogen-bond donors (Lipinski definition) is 2. The molecular weight excluding hydrogens is 398 g/mol. The molecule has 0 saturated carbocycles. The summed E-state index contributed by atoms with van der Waals surface area (Å²) in [7, 11) is 0. The molecule has 0 aliphatic carbocycles. The SMILES string of the molecule is CC(C)(C)OC(=O)N1CCC(NC(=O)N/C=C/c2cccc(Br)c2)CC1. The number of halogens is 1. The van der Waals surface area contributed by atoms with E-state index < -0.39 is 5.60 Å². The summed E-state index contributed by atoms with van der Waals surface area (Å²) in [5.41, 5.74) is 0.498. The van der Waals surface area contributed by atoms with E-state index in [1.165, 1.54) is 0 Å². The molecule has 1 aromatic rings. The number of carbonyl (C=O) groups excluding carboxylic acids is 2. The molecule has 1 fully saturated rings. The Labute approximate surface area is 163 Å². The van der Waals surface area contributed by atoms with Gasteiger partial charge in [-0.15, -0.1) is 0 Å². The average Bonchev–Trinajstić information content (AvgIpc) is 2.54. The largest absolute Gasteiger partial charge is 0.444 e. The third kappa shape index (κ3) is 7.07. The molecular formula is C19H26BrN3O3. The summed E-state index contributed by atoms with van der Waals surface area (Å²) in [4.78, 5) is 25.7. The first-order valence-electron chi connectivity index (χ1n) is 8.70. The summed E-state index contributed by atoms with van der Waals surface area (Å²) in [6.07, 6.45) is 4.57. The highest BCUT2D eigenvalue weighted by molar-refractivity contribution is 9.10. The second-order valence-corrected chi connectivity index (χ2v) is 8.16. The molecule has 1 saturated heterocycles. The fraction of sp³-hybridized carbons (Fsp3) is 0.474. The van der Waals surface area contributed by atoms with Crippen LogP contribution in [0, 0.1) is 0 Å². The molecule has 0 atom stereocenters. The Balaban J connectivity index is 1.72. The van der Waals surface area contributed by atoms with Crippen LogP contribution in [0.5, 0.6) is 0 Å². The lowest BCUT2D eigenvalue weighted by Gasteiger charge is -2.33. The molecule has 0 radical (unpaired) electrons. The van der Waals surface area contributed by atoms with Crippen molar-refractivity contribution in [1.82, 2.24) is 15.5 Å². The van der Waals surface area contributed by atoms with Gasteiger partial charge in [0.2, 0.25) is 0 Å². The monoisotopic (exact) mass is 423 g/mol. The maximum Gasteiger partial charge on any atom is 0.410 e. The van der Waals surface area contributed by atoms with Crippen LogP contribution < -0.4 is 10.6 Å². The summed E-state index contributed by atoms with van der Waals surface area (Å²) in [5, 5.41) is 5.65. The van der Waals surface area contributed by atoms with Crippen molar-refractivity contribution in [2.24, 2.45) is 0 Å². The summed E-state index contributed by atoms with van der Waals surface area (Å²) in [5.74, 6) is 0. The molecule has 2 rings (SSSR count). The van der Waals surface area contributed by atoms with Gasteiger partial charge in [-0.3, -0.25) is 0 Å². The molecule has 0 aromatic heterocycles. The molecule has 0 bridgehead atoms. The zero-order valence-electron chi connectivity index (χ0n) is 15.4. The van der Waals surface area contributed by atoms with Crippen LogP contribution in [0.4, 0.5) is 9.59 Å². The van der Waals surface area contributed by atoms with E-state index in [1.807, 2.05) is 51.1 Å². The molecule has 2 N–H and O–H groups in total. The molecule has 6 nitrogen and oxygen atoms in total. The van der Waals surface area contributed by atoms with Crippen LogP contribution in [0.3, 0.4) is 0 Å². The first-order valence-corrected chi connectivity index (χ1v) is 9.49. The molecule has 1 aliphatic rings. The predicted molar refractivity (Wildman–Crippen MR) is 106 cm³/mol. The van der Waals surface area contributed by atoms with Gasteiger partial charge in [0.1, 0.15) is 5.60 Å². The van der Waals surface area contributed by atoms with E-state index in [4.69, 9.17) is 4.74 Å². The number of hydrogen-bond acceptors (Lipinski definition) is 3. The molecule has 7 heteroatoms. The number of amides is 3. The van der Waals surface area contributed by atoms with Crippen molar-refractivity contribution in [2.75, 3.05) is 13.1 Å². The molecule has 0 unspecified atom stereocenters. The first-order chi connectivity index (χ1) is 12.2. The molecule has 1 heterocycles. The van der Waals surface area contributed by atoms with Crippen LogP contribution in [0.2, 0.25) is 0 Å². The highest BCUT2D eigenvalue weighted by atomic mass is 79.9. The van der Waals surface area contributed by atoms with Crippen LogP contribution >= 0.6 is 15.9 Å². The molecule has 26 heavy (non-hydrogen) atoms. The summed E-state index contributed by atoms with van der Waals surface area (Å²) in [6.45, 7) is 6.71. The number of ether oxygens (including phenoxy) is 1. The zero-order chi connectivity index (χ0) is 19.2. The minimum Gasteiger partial charge on any atom is -0.444 e. The van der Waals surface area contributed by atoms with Crippen molar-refractivity contribution in [3.05, 3.63) is 40.5 Å². The molecule has 1 aromatic carbocycles. The lowest BCUT2D eigenvalue weighted by molar-refractivity contribution is 0.0201. The van der Waals surface area contributed by atoms with Gasteiger partial charge in [-0.1, -0.05) is 28.1 Å². The molecule has 3 amide bonds. The van der Waals surface area contributed by atoms with E-state index in [0.717, 1.165) is 10.0 Å². The molecule has 142 valence electrons. The molecule has 1 aliphatic heterocycles.